The summed E-state index contributed by atoms with van der Waals surface area (Å²) in [5.74, 6) is 1.79. The van der Waals surface area contributed by atoms with Gasteiger partial charge in [0.2, 0.25) is 0 Å². The Hall–Kier alpha value is -0.970. The molecule has 6 heteroatoms. The van der Waals surface area contributed by atoms with Gasteiger partial charge in [-0.1, -0.05) is 11.6 Å². The second-order valence-electron chi connectivity index (χ2n) is 4.13. The molecule has 1 aromatic carbocycles. The van der Waals surface area contributed by atoms with Crippen molar-refractivity contribution in [2.24, 2.45) is 0 Å². The third kappa shape index (κ3) is 3.37. The number of rotatable bonds is 6. The summed E-state index contributed by atoms with van der Waals surface area (Å²) in [7, 11) is 3.16. The summed E-state index contributed by atoms with van der Waals surface area (Å²) in [6.45, 7) is 0. The molecule has 3 nitrogen and oxygen atoms in total. The Labute approximate surface area is 132 Å². The number of methoxy groups -OCH3 is 2. The standard InChI is InChI=1S/C14H15Cl2NO2S/c1-18-12-7-9(6-11(16)13(12)19-2)14-17-10(8-20-14)4-3-5-15/h6-8H,3-5H2,1-2H3. The summed E-state index contributed by atoms with van der Waals surface area (Å²) in [4.78, 5) is 4.59. The van der Waals surface area contributed by atoms with Crippen molar-refractivity contribution in [2.45, 2.75) is 12.8 Å². The van der Waals surface area contributed by atoms with Crippen molar-refractivity contribution >= 4 is 34.5 Å². The van der Waals surface area contributed by atoms with Crippen LogP contribution in [0.5, 0.6) is 11.5 Å². The van der Waals surface area contributed by atoms with Crippen molar-refractivity contribution in [1.82, 2.24) is 4.98 Å². The molecule has 0 saturated carbocycles. The molecule has 1 heterocycles. The van der Waals surface area contributed by atoms with E-state index in [0.29, 0.717) is 22.4 Å². The first kappa shape index (κ1) is 15.4. The van der Waals surface area contributed by atoms with Crippen LogP contribution in [-0.2, 0) is 6.42 Å². The van der Waals surface area contributed by atoms with Gasteiger partial charge in [0.25, 0.3) is 0 Å². The molecule has 0 unspecified atom stereocenters. The average Bonchev–Trinajstić information content (AvgIpc) is 2.93. The van der Waals surface area contributed by atoms with Crippen LogP contribution in [0.4, 0.5) is 0 Å². The summed E-state index contributed by atoms with van der Waals surface area (Å²) < 4.78 is 10.5. The molecule has 0 N–H and O–H groups in total. The normalized spacial score (nSPS) is 10.6. The number of aromatic nitrogens is 1. The first-order valence-corrected chi connectivity index (χ1v) is 7.91. The third-order valence-corrected chi connectivity index (χ3v) is 4.29. The van der Waals surface area contributed by atoms with E-state index in [-0.39, 0.29) is 0 Å². The Balaban J connectivity index is 2.32. The highest BCUT2D eigenvalue weighted by molar-refractivity contribution is 7.13. The zero-order valence-electron chi connectivity index (χ0n) is 11.3. The maximum atomic E-state index is 6.21. The van der Waals surface area contributed by atoms with Gasteiger partial charge >= 0.3 is 0 Å². The van der Waals surface area contributed by atoms with E-state index in [2.05, 4.69) is 4.98 Å². The molecule has 1 aromatic heterocycles. The minimum absolute atomic E-state index is 0.513. The number of aryl methyl sites for hydroxylation is 1. The molecule has 0 fully saturated rings. The van der Waals surface area contributed by atoms with Gasteiger partial charge in [0.05, 0.1) is 24.9 Å². The smallest absolute Gasteiger partial charge is 0.179 e. The number of alkyl halides is 1. The maximum absolute atomic E-state index is 6.21. The lowest BCUT2D eigenvalue weighted by Crippen LogP contribution is -1.92. The SMILES string of the molecule is COc1cc(-c2nc(CCCCl)cs2)cc(Cl)c1OC. The predicted molar refractivity (Wildman–Crippen MR) is 84.7 cm³/mol. The Morgan fingerprint density at radius 3 is 2.70 bits per heavy atom. The number of thiazole rings is 1. The predicted octanol–water partition coefficient (Wildman–Crippen LogP) is 4.65. The lowest BCUT2D eigenvalue weighted by atomic mass is 10.2. The molecule has 0 bridgehead atoms. The maximum Gasteiger partial charge on any atom is 0.179 e. The van der Waals surface area contributed by atoms with E-state index in [0.717, 1.165) is 29.1 Å². The number of halogens is 2. The van der Waals surface area contributed by atoms with Gasteiger partial charge in [0.15, 0.2) is 11.5 Å². The number of nitrogens with zero attached hydrogens (tertiary/aromatic N) is 1. The highest BCUT2D eigenvalue weighted by atomic mass is 35.5. The fourth-order valence-electron chi connectivity index (χ4n) is 1.84. The number of ether oxygens (including phenoxy) is 2. The molecule has 0 aliphatic heterocycles. The molecular weight excluding hydrogens is 317 g/mol. The highest BCUT2D eigenvalue weighted by Gasteiger charge is 2.14. The topological polar surface area (TPSA) is 31.4 Å². The first-order chi connectivity index (χ1) is 9.69. The van der Waals surface area contributed by atoms with Gasteiger partial charge < -0.3 is 9.47 Å². The molecule has 0 saturated heterocycles. The second-order valence-corrected chi connectivity index (χ2v) is 5.77. The minimum atomic E-state index is 0.513. The minimum Gasteiger partial charge on any atom is -0.493 e. The van der Waals surface area contributed by atoms with Crippen LogP contribution >= 0.6 is 34.5 Å². The van der Waals surface area contributed by atoms with E-state index in [4.69, 9.17) is 32.7 Å². The van der Waals surface area contributed by atoms with Crippen molar-refractivity contribution in [2.75, 3.05) is 20.1 Å². The van der Waals surface area contributed by atoms with Crippen LogP contribution in [0.2, 0.25) is 5.02 Å². The zero-order valence-corrected chi connectivity index (χ0v) is 13.6. The van der Waals surface area contributed by atoms with Gasteiger partial charge in [-0.05, 0) is 25.0 Å². The number of benzene rings is 1. The lowest BCUT2D eigenvalue weighted by Gasteiger charge is -2.10. The average molecular weight is 332 g/mol. The van der Waals surface area contributed by atoms with E-state index in [9.17, 15) is 0 Å². The fraction of sp³-hybridized carbons (Fsp3) is 0.357. The van der Waals surface area contributed by atoms with E-state index >= 15 is 0 Å². The molecule has 0 atom stereocenters. The number of hydrogen-bond acceptors (Lipinski definition) is 4. The molecule has 0 amide bonds. The van der Waals surface area contributed by atoms with Crippen LogP contribution < -0.4 is 9.47 Å². The van der Waals surface area contributed by atoms with Gasteiger partial charge in [0.1, 0.15) is 5.01 Å². The highest BCUT2D eigenvalue weighted by Crippen LogP contribution is 2.39. The Morgan fingerprint density at radius 2 is 2.05 bits per heavy atom. The Morgan fingerprint density at radius 1 is 1.25 bits per heavy atom. The first-order valence-electron chi connectivity index (χ1n) is 6.11. The van der Waals surface area contributed by atoms with Crippen LogP contribution in [-0.4, -0.2) is 25.1 Å². The molecule has 2 aromatic rings. The van der Waals surface area contributed by atoms with Crippen molar-refractivity contribution in [3.8, 4) is 22.1 Å². The Bertz CT molecular complexity index is 587. The van der Waals surface area contributed by atoms with E-state index in [1.807, 2.05) is 17.5 Å². The van der Waals surface area contributed by atoms with Gasteiger partial charge in [0, 0.05) is 16.8 Å². The monoisotopic (exact) mass is 331 g/mol. The van der Waals surface area contributed by atoms with Crippen LogP contribution in [0, 0.1) is 0 Å². The zero-order chi connectivity index (χ0) is 14.5. The van der Waals surface area contributed by atoms with Crippen molar-refractivity contribution in [1.29, 1.82) is 0 Å². The molecular formula is C14H15Cl2NO2S. The van der Waals surface area contributed by atoms with Crippen LogP contribution in [0.15, 0.2) is 17.5 Å². The molecule has 0 radical (unpaired) electrons. The molecule has 0 aliphatic carbocycles. The van der Waals surface area contributed by atoms with Crippen LogP contribution in [0.3, 0.4) is 0 Å². The Kier molecular flexibility index (Phi) is 5.52. The second kappa shape index (κ2) is 7.16. The number of hydrogen-bond donors (Lipinski definition) is 0. The van der Waals surface area contributed by atoms with E-state index in [1.54, 1.807) is 25.6 Å². The van der Waals surface area contributed by atoms with E-state index in [1.165, 1.54) is 0 Å². The van der Waals surface area contributed by atoms with Gasteiger partial charge in [-0.2, -0.15) is 0 Å². The summed E-state index contributed by atoms with van der Waals surface area (Å²) in [6, 6.07) is 3.72. The summed E-state index contributed by atoms with van der Waals surface area (Å²) in [5.41, 5.74) is 1.98. The largest absolute Gasteiger partial charge is 0.493 e. The van der Waals surface area contributed by atoms with Crippen molar-refractivity contribution in [3.05, 3.63) is 28.2 Å². The molecule has 0 aliphatic rings. The fourth-order valence-corrected chi connectivity index (χ4v) is 3.11. The van der Waals surface area contributed by atoms with Gasteiger partial charge in [-0.3, -0.25) is 0 Å². The van der Waals surface area contributed by atoms with Crippen molar-refractivity contribution < 1.29 is 9.47 Å². The summed E-state index contributed by atoms with van der Waals surface area (Å²) in [5, 5.41) is 3.48. The van der Waals surface area contributed by atoms with Crippen molar-refractivity contribution in [3.63, 3.8) is 0 Å². The molecule has 20 heavy (non-hydrogen) atoms. The van der Waals surface area contributed by atoms with Gasteiger partial charge in [-0.15, -0.1) is 22.9 Å². The lowest BCUT2D eigenvalue weighted by molar-refractivity contribution is 0.355. The molecule has 108 valence electrons. The van der Waals surface area contributed by atoms with E-state index < -0.39 is 0 Å². The van der Waals surface area contributed by atoms with Gasteiger partial charge in [-0.25, -0.2) is 4.98 Å². The third-order valence-electron chi connectivity index (χ3n) is 2.80. The molecule has 2 rings (SSSR count). The van der Waals surface area contributed by atoms with Crippen LogP contribution in [0.25, 0.3) is 10.6 Å². The quantitative estimate of drug-likeness (QED) is 0.722. The summed E-state index contributed by atoms with van der Waals surface area (Å²) >= 11 is 13.5. The molecule has 0 spiro atoms. The summed E-state index contributed by atoms with van der Waals surface area (Å²) in [6.07, 6.45) is 1.82. The van der Waals surface area contributed by atoms with Crippen LogP contribution in [0.1, 0.15) is 12.1 Å².